The van der Waals surface area contributed by atoms with Crippen molar-refractivity contribution in [3.8, 4) is 0 Å². The fourth-order valence-electron chi connectivity index (χ4n) is 0.307. The second-order valence-electron chi connectivity index (χ2n) is 1.73. The van der Waals surface area contributed by atoms with E-state index in [0.717, 1.165) is 0 Å². The molecule has 0 saturated heterocycles. The van der Waals surface area contributed by atoms with Crippen molar-refractivity contribution in [3.63, 3.8) is 0 Å². The van der Waals surface area contributed by atoms with Crippen LogP contribution in [0.25, 0.3) is 0 Å². The maximum Gasteiger partial charge on any atom is 0.452 e. The quantitative estimate of drug-likeness (QED) is 0.506. The van der Waals surface area contributed by atoms with Crippen LogP contribution < -0.4 is 0 Å². The van der Waals surface area contributed by atoms with Gasteiger partial charge in [-0.05, 0) is 13.8 Å². The van der Waals surface area contributed by atoms with Crippen LogP contribution in [-0.2, 0) is 4.74 Å². The van der Waals surface area contributed by atoms with Gasteiger partial charge in [-0.3, -0.25) is 0 Å². The van der Waals surface area contributed by atoms with E-state index in [-0.39, 0.29) is 6.10 Å². The first-order valence-corrected chi connectivity index (χ1v) is 2.67. The lowest BCUT2D eigenvalue weighted by molar-refractivity contribution is 0.124. The number of carbonyl (C=O) groups is 1. The summed E-state index contributed by atoms with van der Waals surface area (Å²) in [4.78, 5) is 10.4. The Hall–Kier alpha value is -0.930. The summed E-state index contributed by atoms with van der Waals surface area (Å²) in [5.74, 6) is 0. The Labute approximate surface area is 53.9 Å². The summed E-state index contributed by atoms with van der Waals surface area (Å²) in [5, 5.41) is 6.37. The third-order valence-electron chi connectivity index (χ3n) is 0.518. The molecule has 0 N–H and O–H groups in total. The Morgan fingerprint density at radius 2 is 2.11 bits per heavy atom. The van der Waals surface area contributed by atoms with Crippen molar-refractivity contribution in [1.29, 1.82) is 0 Å². The number of carbonyl (C=O) groups excluding carboxylic acids is 1. The van der Waals surface area contributed by atoms with Crippen LogP contribution in [0.3, 0.4) is 0 Å². The first-order valence-electron chi connectivity index (χ1n) is 2.67. The van der Waals surface area contributed by atoms with Gasteiger partial charge in [0.1, 0.15) is 0 Å². The smallest absolute Gasteiger partial charge is 0.444 e. The predicted octanol–water partition coefficient (Wildman–Crippen LogP) is 1.61. The van der Waals surface area contributed by atoms with Gasteiger partial charge < -0.3 is 4.74 Å². The zero-order valence-corrected chi connectivity index (χ0v) is 5.79. The lowest BCUT2D eigenvalue weighted by atomic mass is 10.5. The Morgan fingerprint density at radius 1 is 1.56 bits per heavy atom. The minimum Gasteiger partial charge on any atom is -0.444 e. The average Bonchev–Trinajstić information content (AvgIpc) is 1.63. The van der Waals surface area contributed by atoms with Gasteiger partial charge >= 0.3 is 6.09 Å². The minimum atomic E-state index is -0.632. The molecule has 0 rings (SSSR count). The SMILES string of the molecule is CN=NC(=O)OC(C)C. The van der Waals surface area contributed by atoms with Gasteiger partial charge in [0, 0.05) is 7.05 Å². The molecule has 0 spiro atoms. The van der Waals surface area contributed by atoms with Gasteiger partial charge in [-0.2, -0.15) is 5.11 Å². The molecule has 0 heterocycles. The van der Waals surface area contributed by atoms with Crippen molar-refractivity contribution < 1.29 is 9.53 Å². The first kappa shape index (κ1) is 8.07. The zero-order chi connectivity index (χ0) is 7.28. The molecule has 0 aromatic heterocycles. The van der Waals surface area contributed by atoms with E-state index in [0.29, 0.717) is 0 Å². The second-order valence-corrected chi connectivity index (χ2v) is 1.73. The van der Waals surface area contributed by atoms with Crippen LogP contribution in [0.4, 0.5) is 4.79 Å². The van der Waals surface area contributed by atoms with E-state index < -0.39 is 6.09 Å². The molecule has 9 heavy (non-hydrogen) atoms. The van der Waals surface area contributed by atoms with E-state index in [1.54, 1.807) is 13.8 Å². The zero-order valence-electron chi connectivity index (χ0n) is 5.79. The molecule has 0 unspecified atom stereocenters. The van der Waals surface area contributed by atoms with Gasteiger partial charge in [-0.25, -0.2) is 4.79 Å². The van der Waals surface area contributed by atoms with Gasteiger partial charge in [-0.1, -0.05) is 5.11 Å². The van der Waals surface area contributed by atoms with Crippen LogP contribution in [0.5, 0.6) is 0 Å². The highest BCUT2D eigenvalue weighted by Crippen LogP contribution is 1.91. The summed E-state index contributed by atoms with van der Waals surface area (Å²) in [6, 6.07) is 0. The maximum absolute atomic E-state index is 10.4. The average molecular weight is 130 g/mol. The van der Waals surface area contributed by atoms with Crippen LogP contribution in [0, 0.1) is 0 Å². The largest absolute Gasteiger partial charge is 0.452 e. The molecular formula is C5H10N2O2. The molecule has 0 radical (unpaired) electrons. The Balaban J connectivity index is 3.51. The molecule has 52 valence electrons. The number of ether oxygens (including phenoxy) is 1. The molecule has 0 aliphatic heterocycles. The molecule has 1 amide bonds. The number of rotatable bonds is 1. The predicted molar refractivity (Wildman–Crippen MR) is 32.4 cm³/mol. The van der Waals surface area contributed by atoms with Crippen molar-refractivity contribution in [2.75, 3.05) is 7.05 Å². The summed E-state index contributed by atoms with van der Waals surface area (Å²) in [5.41, 5.74) is 0. The van der Waals surface area contributed by atoms with Crippen LogP contribution >= 0.6 is 0 Å². The van der Waals surface area contributed by atoms with E-state index >= 15 is 0 Å². The highest BCUT2D eigenvalue weighted by atomic mass is 16.6. The Morgan fingerprint density at radius 3 is 2.44 bits per heavy atom. The van der Waals surface area contributed by atoms with E-state index in [4.69, 9.17) is 0 Å². The van der Waals surface area contributed by atoms with Crippen molar-refractivity contribution in [3.05, 3.63) is 0 Å². The minimum absolute atomic E-state index is 0.122. The summed E-state index contributed by atoms with van der Waals surface area (Å²) < 4.78 is 4.59. The van der Waals surface area contributed by atoms with Gasteiger partial charge in [-0.15, -0.1) is 0 Å². The number of azo groups is 1. The monoisotopic (exact) mass is 130 g/mol. The van der Waals surface area contributed by atoms with Crippen molar-refractivity contribution >= 4 is 6.09 Å². The molecule has 0 aliphatic carbocycles. The standard InChI is InChI=1S/C5H10N2O2/c1-4(2)9-5(8)7-6-3/h4H,1-3H3. The number of hydrogen-bond acceptors (Lipinski definition) is 3. The summed E-state index contributed by atoms with van der Waals surface area (Å²) in [6.07, 6.45) is -0.754. The molecule has 0 fully saturated rings. The molecule has 0 atom stereocenters. The Bertz CT molecular complexity index is 120. The molecule has 4 heteroatoms. The molecule has 4 nitrogen and oxygen atoms in total. The maximum atomic E-state index is 10.4. The van der Waals surface area contributed by atoms with Gasteiger partial charge in [0.2, 0.25) is 0 Å². The van der Waals surface area contributed by atoms with E-state index in [1.807, 2.05) is 0 Å². The van der Waals surface area contributed by atoms with Gasteiger partial charge in [0.15, 0.2) is 0 Å². The van der Waals surface area contributed by atoms with Crippen molar-refractivity contribution in [2.45, 2.75) is 20.0 Å². The van der Waals surface area contributed by atoms with E-state index in [1.165, 1.54) is 7.05 Å². The van der Waals surface area contributed by atoms with Crippen LogP contribution in [-0.4, -0.2) is 19.2 Å². The molecule has 0 saturated carbocycles. The van der Waals surface area contributed by atoms with Gasteiger partial charge in [0.05, 0.1) is 6.10 Å². The normalized spacial score (nSPS) is 10.7. The second kappa shape index (κ2) is 4.00. The molecular weight excluding hydrogens is 120 g/mol. The molecule has 0 aromatic rings. The van der Waals surface area contributed by atoms with Crippen LogP contribution in [0.15, 0.2) is 10.2 Å². The number of amides is 1. The highest BCUT2D eigenvalue weighted by Gasteiger charge is 2.00. The topological polar surface area (TPSA) is 51.0 Å². The third kappa shape index (κ3) is 4.93. The lowest BCUT2D eigenvalue weighted by Gasteiger charge is -2.01. The summed E-state index contributed by atoms with van der Waals surface area (Å²) in [6.45, 7) is 3.51. The fraction of sp³-hybridized carbons (Fsp3) is 0.800. The third-order valence-corrected chi connectivity index (χ3v) is 0.518. The van der Waals surface area contributed by atoms with Crippen molar-refractivity contribution in [2.24, 2.45) is 10.2 Å². The number of hydrogen-bond donors (Lipinski definition) is 0. The number of nitrogens with zero attached hydrogens (tertiary/aromatic N) is 2. The van der Waals surface area contributed by atoms with Crippen LogP contribution in [0.1, 0.15) is 13.8 Å². The molecule has 0 bridgehead atoms. The summed E-state index contributed by atoms with van der Waals surface area (Å²) in [7, 11) is 1.42. The fourth-order valence-corrected chi connectivity index (χ4v) is 0.307. The Kier molecular flexibility index (Phi) is 3.59. The van der Waals surface area contributed by atoms with Gasteiger partial charge in [0.25, 0.3) is 0 Å². The lowest BCUT2D eigenvalue weighted by Crippen LogP contribution is -2.06. The van der Waals surface area contributed by atoms with E-state index in [2.05, 4.69) is 15.0 Å². The first-order chi connectivity index (χ1) is 4.16. The summed E-state index contributed by atoms with van der Waals surface area (Å²) >= 11 is 0. The van der Waals surface area contributed by atoms with Crippen molar-refractivity contribution in [1.82, 2.24) is 0 Å². The molecule has 0 aromatic carbocycles. The highest BCUT2D eigenvalue weighted by molar-refractivity contribution is 5.67. The van der Waals surface area contributed by atoms with E-state index in [9.17, 15) is 4.79 Å². The molecule has 0 aliphatic rings. The van der Waals surface area contributed by atoms with Crippen LogP contribution in [0.2, 0.25) is 0 Å².